The van der Waals surface area contributed by atoms with Crippen LogP contribution in [0, 0.1) is 0 Å². The fraction of sp³-hybridized carbons (Fsp3) is 0.800. The van der Waals surface area contributed by atoms with Crippen LogP contribution >= 0.6 is 0 Å². The summed E-state index contributed by atoms with van der Waals surface area (Å²) in [6.07, 6.45) is 2.08. The molecule has 0 aliphatic rings. The van der Waals surface area contributed by atoms with Gasteiger partial charge in [0, 0.05) is 6.42 Å². The largest absolute Gasteiger partial charge is 2.00 e. The third-order valence-corrected chi connectivity index (χ3v) is 0.744. The molecule has 0 rings (SSSR count). The Labute approximate surface area is 92.7 Å². The van der Waals surface area contributed by atoms with Gasteiger partial charge in [-0.1, -0.05) is 13.3 Å². The van der Waals surface area contributed by atoms with Crippen LogP contribution < -0.4 is 0 Å². The maximum absolute atomic E-state index is 9.76. The molecular weight excluding hydrogens is 229 g/mol. The van der Waals surface area contributed by atoms with Gasteiger partial charge in [0.2, 0.25) is 0 Å². The van der Waals surface area contributed by atoms with E-state index in [1.165, 1.54) is 0 Å². The molecule has 8 heavy (non-hydrogen) atoms. The van der Waals surface area contributed by atoms with Crippen LogP contribution in [0.3, 0.4) is 0 Å². The number of carboxylic acids is 1. The molecule has 0 heterocycles. The third-order valence-electron chi connectivity index (χ3n) is 0.744. The Bertz CT molecular complexity index is 70.7. The van der Waals surface area contributed by atoms with E-state index in [4.69, 9.17) is 5.11 Å². The minimum atomic E-state index is -0.693. The van der Waals surface area contributed by atoms with Crippen LogP contribution in [0.5, 0.6) is 0 Å². The Morgan fingerprint density at radius 3 is 2.38 bits per heavy atom. The third kappa shape index (κ3) is 10.1. The summed E-state index contributed by atoms with van der Waals surface area (Å²) in [7, 11) is 0. The first kappa shape index (κ1) is 11.8. The van der Waals surface area contributed by atoms with Crippen LogP contribution in [-0.4, -0.2) is 60.0 Å². The number of carboxylic acid groups (broad SMARTS) is 1. The molecular formula is C5H12BaO2. The van der Waals surface area contributed by atoms with Gasteiger partial charge in [-0.25, -0.2) is 0 Å². The van der Waals surface area contributed by atoms with Crippen molar-refractivity contribution in [1.82, 2.24) is 0 Å². The minimum Gasteiger partial charge on any atom is -1.00 e. The van der Waals surface area contributed by atoms with Gasteiger partial charge >= 0.3 is 54.9 Å². The number of hydrogen-bond donors (Lipinski definition) is 1. The molecule has 0 saturated heterocycles. The van der Waals surface area contributed by atoms with Crippen LogP contribution in [0.1, 0.15) is 29.0 Å². The number of unbranched alkanes of at least 4 members (excludes halogenated alkanes) is 1. The van der Waals surface area contributed by atoms with Crippen LogP contribution in [0.4, 0.5) is 0 Å². The van der Waals surface area contributed by atoms with Gasteiger partial charge in [-0.05, 0) is 6.42 Å². The molecule has 0 fully saturated rings. The fourth-order valence-corrected chi connectivity index (χ4v) is 0.328. The van der Waals surface area contributed by atoms with Gasteiger partial charge in [-0.15, -0.1) is 0 Å². The molecule has 0 radical (unpaired) electrons. The molecule has 0 atom stereocenters. The van der Waals surface area contributed by atoms with Gasteiger partial charge in [-0.3, -0.25) is 4.79 Å². The normalized spacial score (nSPS) is 7.62. The first-order chi connectivity index (χ1) is 3.27. The average molecular weight is 241 g/mol. The van der Waals surface area contributed by atoms with Crippen molar-refractivity contribution in [2.75, 3.05) is 0 Å². The van der Waals surface area contributed by atoms with Gasteiger partial charge in [0.25, 0.3) is 0 Å². The second-order valence-electron chi connectivity index (χ2n) is 1.50. The standard InChI is InChI=1S/C5H10O2.Ba.2H/c1-2-3-4-5(6)7;;;/h2-4H2,1H3,(H,6,7);;;/q;+2;2*-1. The average Bonchev–Trinajstić information content (AvgIpc) is 1.61. The van der Waals surface area contributed by atoms with E-state index >= 15 is 0 Å². The van der Waals surface area contributed by atoms with Gasteiger partial charge in [0.15, 0.2) is 0 Å². The first-order valence-electron chi connectivity index (χ1n) is 2.49. The van der Waals surface area contributed by atoms with Crippen LogP contribution in [0.2, 0.25) is 0 Å². The zero-order valence-electron chi connectivity index (χ0n) is 7.18. The maximum atomic E-state index is 9.76. The summed E-state index contributed by atoms with van der Waals surface area (Å²) in [4.78, 5) is 9.76. The quantitative estimate of drug-likeness (QED) is 0.752. The molecule has 0 bridgehead atoms. The number of carbonyl (C=O) groups is 1. The van der Waals surface area contributed by atoms with Gasteiger partial charge in [-0.2, -0.15) is 0 Å². The van der Waals surface area contributed by atoms with E-state index in [1.807, 2.05) is 6.92 Å². The molecule has 0 amide bonds. The molecule has 0 aromatic carbocycles. The number of rotatable bonds is 3. The van der Waals surface area contributed by atoms with Crippen molar-refractivity contribution in [3.63, 3.8) is 0 Å². The smallest absolute Gasteiger partial charge is 1.00 e. The van der Waals surface area contributed by atoms with Crippen LogP contribution in [0.25, 0.3) is 0 Å². The van der Waals surface area contributed by atoms with Crippen LogP contribution in [0.15, 0.2) is 0 Å². The molecule has 1 N–H and O–H groups in total. The molecule has 0 aromatic rings. The van der Waals surface area contributed by atoms with Gasteiger partial charge in [0.05, 0.1) is 0 Å². The molecule has 0 unspecified atom stereocenters. The van der Waals surface area contributed by atoms with E-state index in [0.717, 1.165) is 12.8 Å². The van der Waals surface area contributed by atoms with Crippen LogP contribution in [-0.2, 0) is 4.79 Å². The first-order valence-corrected chi connectivity index (χ1v) is 2.49. The molecule has 3 heteroatoms. The van der Waals surface area contributed by atoms with E-state index in [0.29, 0.717) is 6.42 Å². The molecule has 0 aliphatic carbocycles. The summed E-state index contributed by atoms with van der Waals surface area (Å²) in [5.41, 5.74) is 0. The fourth-order valence-electron chi connectivity index (χ4n) is 0.328. The predicted octanol–water partition coefficient (Wildman–Crippen LogP) is 1.11. The minimum absolute atomic E-state index is 0. The summed E-state index contributed by atoms with van der Waals surface area (Å²) in [5.74, 6) is -0.693. The van der Waals surface area contributed by atoms with E-state index in [-0.39, 0.29) is 51.7 Å². The number of aliphatic carboxylic acids is 1. The van der Waals surface area contributed by atoms with E-state index in [1.54, 1.807) is 0 Å². The van der Waals surface area contributed by atoms with Crippen molar-refractivity contribution in [1.29, 1.82) is 0 Å². The SMILES string of the molecule is CCCCC(=O)O.[Ba+2].[H-].[H-]. The zero-order valence-corrected chi connectivity index (χ0v) is 9.62. The molecule has 0 saturated carbocycles. The summed E-state index contributed by atoms with van der Waals surface area (Å²) in [6.45, 7) is 1.98. The predicted molar refractivity (Wildman–Crippen MR) is 35.1 cm³/mol. The van der Waals surface area contributed by atoms with Crippen molar-refractivity contribution in [3.05, 3.63) is 0 Å². The van der Waals surface area contributed by atoms with E-state index in [2.05, 4.69) is 0 Å². The molecule has 2 nitrogen and oxygen atoms in total. The number of hydrogen-bond acceptors (Lipinski definition) is 1. The van der Waals surface area contributed by atoms with Crippen molar-refractivity contribution in [3.8, 4) is 0 Å². The second kappa shape index (κ2) is 8.04. The summed E-state index contributed by atoms with van der Waals surface area (Å²) >= 11 is 0. The summed E-state index contributed by atoms with van der Waals surface area (Å²) in [6, 6.07) is 0. The Morgan fingerprint density at radius 2 is 2.25 bits per heavy atom. The molecule has 0 aromatic heterocycles. The zero-order chi connectivity index (χ0) is 5.70. The van der Waals surface area contributed by atoms with Crippen molar-refractivity contribution >= 4 is 54.9 Å². The molecule has 0 spiro atoms. The summed E-state index contributed by atoms with van der Waals surface area (Å²) < 4.78 is 0. The maximum Gasteiger partial charge on any atom is 2.00 e. The molecule has 46 valence electrons. The van der Waals surface area contributed by atoms with Crippen molar-refractivity contribution < 1.29 is 12.8 Å². The molecule has 0 aliphatic heterocycles. The van der Waals surface area contributed by atoms with Gasteiger partial charge in [0.1, 0.15) is 0 Å². The second-order valence-corrected chi connectivity index (χ2v) is 1.50. The van der Waals surface area contributed by atoms with Crippen molar-refractivity contribution in [2.45, 2.75) is 26.2 Å². The van der Waals surface area contributed by atoms with Gasteiger partial charge < -0.3 is 7.96 Å². The summed E-state index contributed by atoms with van der Waals surface area (Å²) in [5, 5.41) is 8.04. The Morgan fingerprint density at radius 1 is 1.75 bits per heavy atom. The topological polar surface area (TPSA) is 37.3 Å². The monoisotopic (exact) mass is 242 g/mol. The Kier molecular flexibility index (Phi) is 11.9. The Hall–Kier alpha value is 1.04. The van der Waals surface area contributed by atoms with E-state index < -0.39 is 5.97 Å². The van der Waals surface area contributed by atoms with Crippen molar-refractivity contribution in [2.24, 2.45) is 0 Å². The Balaban J connectivity index is -0.0000000600. The van der Waals surface area contributed by atoms with E-state index in [9.17, 15) is 4.79 Å².